The number of hydrogen-bond donors (Lipinski definition) is 3. The molecule has 1 aliphatic carbocycles. The van der Waals surface area contributed by atoms with Crippen LogP contribution in [0.3, 0.4) is 0 Å². The molecule has 0 aromatic heterocycles. The van der Waals surface area contributed by atoms with Gasteiger partial charge < -0.3 is 15.6 Å². The zero-order valence-corrected chi connectivity index (χ0v) is 16.8. The topological polar surface area (TPSA) is 92.4 Å². The van der Waals surface area contributed by atoms with Crippen LogP contribution in [-0.4, -0.2) is 16.1 Å². The van der Waals surface area contributed by atoms with Gasteiger partial charge in [0.15, 0.2) is 11.6 Å². The highest BCUT2D eigenvalue weighted by molar-refractivity contribution is 7.94. The van der Waals surface area contributed by atoms with E-state index in [-0.39, 0.29) is 28.4 Å². The van der Waals surface area contributed by atoms with Gasteiger partial charge in [-0.25, -0.2) is 0 Å². The van der Waals surface area contributed by atoms with Crippen LogP contribution in [0.2, 0.25) is 0 Å². The Morgan fingerprint density at radius 3 is 2.21 bits per heavy atom. The molecule has 146 valence electrons. The Bertz CT molecular complexity index is 1150. The first-order valence-corrected chi connectivity index (χ1v) is 10.0. The Morgan fingerprint density at radius 1 is 0.931 bits per heavy atom. The molecule has 29 heavy (non-hydrogen) atoms. The second-order valence-electron chi connectivity index (χ2n) is 7.29. The van der Waals surface area contributed by atoms with E-state index in [9.17, 15) is 14.1 Å². The van der Waals surface area contributed by atoms with Crippen LogP contribution >= 0.6 is 12.0 Å². The first-order valence-electron chi connectivity index (χ1n) is 9.25. The summed E-state index contributed by atoms with van der Waals surface area (Å²) in [6, 6.07) is 16.2. The molecule has 0 saturated heterocycles. The Labute approximate surface area is 173 Å². The van der Waals surface area contributed by atoms with Crippen molar-refractivity contribution >= 4 is 40.7 Å². The summed E-state index contributed by atoms with van der Waals surface area (Å²) < 4.78 is 9.69. The lowest BCUT2D eigenvalue weighted by Gasteiger charge is -2.23. The molecule has 4 N–H and O–H groups in total. The molecule has 3 aromatic carbocycles. The van der Waals surface area contributed by atoms with E-state index >= 15 is 0 Å². The maximum absolute atomic E-state index is 13.3. The molecule has 0 aliphatic heterocycles. The van der Waals surface area contributed by atoms with Gasteiger partial charge in [0.2, 0.25) is 0 Å². The summed E-state index contributed by atoms with van der Waals surface area (Å²) in [4.78, 5) is 26.7. The summed E-state index contributed by atoms with van der Waals surface area (Å²) in [7, 11) is 0. The maximum Gasteiger partial charge on any atom is 0.196 e. The number of benzene rings is 3. The standard InChI is InChI=1S/C23H20N2O3S/c1-12(2)13-6-5-7-14(10-13)25-17-11-18(29-28)21(24)20-19(17)22(26)15-8-3-4-9-16(15)23(20)27/h3-12,25,28H,24H2,1-2H3. The average molecular weight is 404 g/mol. The molecule has 0 saturated carbocycles. The normalized spacial score (nSPS) is 12.7. The highest BCUT2D eigenvalue weighted by Gasteiger charge is 2.34. The first-order chi connectivity index (χ1) is 13.9. The molecule has 1 aliphatic rings. The Morgan fingerprint density at radius 2 is 1.59 bits per heavy atom. The van der Waals surface area contributed by atoms with Gasteiger partial charge in [0.05, 0.1) is 27.4 Å². The third-order valence-electron chi connectivity index (χ3n) is 5.13. The number of hydrogen-bond acceptors (Lipinski definition) is 6. The van der Waals surface area contributed by atoms with E-state index in [1.165, 1.54) is 0 Å². The van der Waals surface area contributed by atoms with Crippen LogP contribution in [0, 0.1) is 0 Å². The van der Waals surface area contributed by atoms with E-state index < -0.39 is 0 Å². The second-order valence-corrected chi connectivity index (χ2v) is 7.91. The summed E-state index contributed by atoms with van der Waals surface area (Å²) >= 11 is 0.457. The van der Waals surface area contributed by atoms with E-state index in [4.69, 9.17) is 5.73 Å². The molecule has 0 unspecified atom stereocenters. The number of ketones is 2. The molecule has 6 heteroatoms. The van der Waals surface area contributed by atoms with Crippen LogP contribution in [0.1, 0.15) is 57.2 Å². The lowest BCUT2D eigenvalue weighted by Crippen LogP contribution is -2.24. The summed E-state index contributed by atoms with van der Waals surface area (Å²) in [5.41, 5.74) is 9.70. The Balaban J connectivity index is 1.91. The van der Waals surface area contributed by atoms with Crippen molar-refractivity contribution in [1.82, 2.24) is 0 Å². The Hall–Kier alpha value is -3.09. The highest BCUT2D eigenvalue weighted by Crippen LogP contribution is 2.41. The average Bonchev–Trinajstić information content (AvgIpc) is 2.73. The largest absolute Gasteiger partial charge is 0.397 e. The quantitative estimate of drug-likeness (QED) is 0.308. The molecule has 0 fully saturated rings. The van der Waals surface area contributed by atoms with Crippen molar-refractivity contribution in [2.75, 3.05) is 11.1 Å². The number of nitrogen functional groups attached to an aromatic ring is 1. The van der Waals surface area contributed by atoms with E-state index in [2.05, 4.69) is 19.2 Å². The van der Waals surface area contributed by atoms with Gasteiger partial charge in [-0.2, -0.15) is 0 Å². The monoisotopic (exact) mass is 404 g/mol. The summed E-state index contributed by atoms with van der Waals surface area (Å²) in [6.07, 6.45) is 0. The van der Waals surface area contributed by atoms with Gasteiger partial charge in [0.25, 0.3) is 0 Å². The minimum atomic E-state index is -0.317. The molecule has 0 atom stereocenters. The van der Waals surface area contributed by atoms with Crippen LogP contribution in [0.5, 0.6) is 0 Å². The predicted octanol–water partition coefficient (Wildman–Crippen LogP) is 5.48. The molecule has 3 aromatic rings. The van der Waals surface area contributed by atoms with E-state index in [1.54, 1.807) is 30.3 Å². The molecule has 0 heterocycles. The van der Waals surface area contributed by atoms with Crippen molar-refractivity contribution in [1.29, 1.82) is 0 Å². The molecule has 4 rings (SSSR count). The summed E-state index contributed by atoms with van der Waals surface area (Å²) in [5.74, 6) is -0.239. The Kier molecular flexibility index (Phi) is 4.90. The van der Waals surface area contributed by atoms with E-state index in [1.807, 2.05) is 24.3 Å². The van der Waals surface area contributed by atoms with Crippen LogP contribution in [-0.2, 0) is 0 Å². The number of carbonyl (C=O) groups excluding carboxylic acids is 2. The van der Waals surface area contributed by atoms with E-state index in [0.717, 1.165) is 11.3 Å². The second kappa shape index (κ2) is 7.39. The maximum atomic E-state index is 13.3. The van der Waals surface area contributed by atoms with Crippen LogP contribution in [0.4, 0.5) is 17.1 Å². The molecular weight excluding hydrogens is 384 g/mol. The molecule has 5 nitrogen and oxygen atoms in total. The molecule has 0 bridgehead atoms. The van der Waals surface area contributed by atoms with Crippen molar-refractivity contribution in [3.63, 3.8) is 0 Å². The highest BCUT2D eigenvalue weighted by atomic mass is 32.2. The smallest absolute Gasteiger partial charge is 0.196 e. The molecule has 0 spiro atoms. The van der Waals surface area contributed by atoms with Gasteiger partial charge in [0.1, 0.15) is 0 Å². The van der Waals surface area contributed by atoms with Gasteiger partial charge in [-0.1, -0.05) is 50.2 Å². The van der Waals surface area contributed by atoms with Crippen molar-refractivity contribution in [2.24, 2.45) is 0 Å². The van der Waals surface area contributed by atoms with Crippen molar-refractivity contribution < 1.29 is 14.1 Å². The number of fused-ring (bicyclic) bond motifs is 2. The summed E-state index contributed by atoms with van der Waals surface area (Å²) in [6.45, 7) is 4.20. The number of nitrogens with two attached hydrogens (primary N) is 1. The van der Waals surface area contributed by atoms with Gasteiger partial charge >= 0.3 is 0 Å². The van der Waals surface area contributed by atoms with Gasteiger partial charge in [-0.3, -0.25) is 9.59 Å². The first kappa shape index (κ1) is 19.2. The van der Waals surface area contributed by atoms with Crippen LogP contribution in [0.25, 0.3) is 0 Å². The number of nitrogens with one attached hydrogen (secondary N) is 1. The van der Waals surface area contributed by atoms with Crippen molar-refractivity contribution in [2.45, 2.75) is 24.7 Å². The minimum Gasteiger partial charge on any atom is -0.397 e. The molecule has 0 radical (unpaired) electrons. The van der Waals surface area contributed by atoms with Crippen LogP contribution < -0.4 is 11.1 Å². The van der Waals surface area contributed by atoms with Gasteiger partial charge in [0, 0.05) is 28.9 Å². The zero-order chi connectivity index (χ0) is 20.7. The fraction of sp³-hybridized carbons (Fsp3) is 0.130. The number of anilines is 3. The lowest BCUT2D eigenvalue weighted by atomic mass is 9.82. The number of carbonyl (C=O) groups is 2. The predicted molar refractivity (Wildman–Crippen MR) is 116 cm³/mol. The minimum absolute atomic E-state index is 0.113. The third-order valence-corrected chi connectivity index (χ3v) is 5.67. The number of rotatable bonds is 4. The van der Waals surface area contributed by atoms with Crippen molar-refractivity contribution in [3.05, 3.63) is 82.4 Å². The molecular formula is C23H20N2O3S. The SMILES string of the molecule is CC(C)c1cccc(Nc2cc(SO)c(N)c3c2C(=O)c2ccccc2C3=O)c1. The third kappa shape index (κ3) is 3.20. The van der Waals surface area contributed by atoms with Gasteiger partial charge in [-0.15, -0.1) is 0 Å². The fourth-order valence-corrected chi connectivity index (χ4v) is 3.97. The fourth-order valence-electron chi connectivity index (χ4n) is 3.60. The molecule has 0 amide bonds. The van der Waals surface area contributed by atoms with Crippen molar-refractivity contribution in [3.8, 4) is 0 Å². The van der Waals surface area contributed by atoms with E-state index in [0.29, 0.717) is 39.7 Å². The zero-order valence-electron chi connectivity index (χ0n) is 16.0. The van der Waals surface area contributed by atoms with Gasteiger partial charge in [-0.05, 0) is 29.7 Å². The lowest BCUT2D eigenvalue weighted by molar-refractivity contribution is 0.0980. The summed E-state index contributed by atoms with van der Waals surface area (Å²) in [5, 5.41) is 3.26. The van der Waals surface area contributed by atoms with Crippen LogP contribution in [0.15, 0.2) is 59.5 Å².